The van der Waals surface area contributed by atoms with Crippen LogP contribution in [-0.4, -0.2) is 22.3 Å². The van der Waals surface area contributed by atoms with E-state index in [1.165, 1.54) is 23.5 Å². The minimum atomic E-state index is -4.39. The first-order chi connectivity index (χ1) is 10.9. The summed E-state index contributed by atoms with van der Waals surface area (Å²) >= 11 is 1.53. The molecule has 0 bridgehead atoms. The molecule has 1 amide bonds. The van der Waals surface area contributed by atoms with E-state index in [0.29, 0.717) is 6.54 Å². The summed E-state index contributed by atoms with van der Waals surface area (Å²) in [6.07, 6.45) is -2.70. The van der Waals surface area contributed by atoms with E-state index in [2.05, 4.69) is 4.98 Å². The van der Waals surface area contributed by atoms with E-state index < -0.39 is 11.7 Å². The van der Waals surface area contributed by atoms with Crippen molar-refractivity contribution in [2.24, 2.45) is 0 Å². The van der Waals surface area contributed by atoms with Crippen molar-refractivity contribution in [3.63, 3.8) is 0 Å². The summed E-state index contributed by atoms with van der Waals surface area (Å²) in [7, 11) is 0. The maximum absolute atomic E-state index is 12.6. The fourth-order valence-electron chi connectivity index (χ4n) is 2.82. The first-order valence-electron chi connectivity index (χ1n) is 7.26. The summed E-state index contributed by atoms with van der Waals surface area (Å²) < 4.78 is 37.8. The number of nitrogens with zero attached hydrogens (tertiary/aromatic N) is 2. The molecular weight excluding hydrogens is 325 g/mol. The Bertz CT molecular complexity index is 709. The third-order valence-corrected chi connectivity index (χ3v) is 4.74. The van der Waals surface area contributed by atoms with E-state index in [1.807, 2.05) is 12.3 Å². The highest BCUT2D eigenvalue weighted by Gasteiger charge is 2.33. The number of thiazole rings is 1. The number of hydrogen-bond acceptors (Lipinski definition) is 3. The largest absolute Gasteiger partial charge is 0.416 e. The van der Waals surface area contributed by atoms with Crippen molar-refractivity contribution in [1.29, 1.82) is 0 Å². The number of carbonyl (C=O) groups excluding carboxylic acids is 1. The number of benzene rings is 1. The first kappa shape index (κ1) is 16.0. The lowest BCUT2D eigenvalue weighted by Crippen LogP contribution is -2.30. The van der Waals surface area contributed by atoms with Crippen LogP contribution < -0.4 is 0 Å². The molecule has 2 heterocycles. The highest BCUT2D eigenvalue weighted by Crippen LogP contribution is 2.34. The molecule has 2 aromatic rings. The molecule has 0 aliphatic carbocycles. The Labute approximate surface area is 135 Å². The summed E-state index contributed by atoms with van der Waals surface area (Å²) in [4.78, 5) is 18.8. The van der Waals surface area contributed by atoms with E-state index in [-0.39, 0.29) is 17.5 Å². The van der Waals surface area contributed by atoms with Crippen molar-refractivity contribution in [1.82, 2.24) is 9.88 Å². The van der Waals surface area contributed by atoms with E-state index in [1.54, 1.807) is 4.90 Å². The molecule has 1 aromatic carbocycles. The number of halogens is 3. The van der Waals surface area contributed by atoms with E-state index in [4.69, 9.17) is 0 Å². The smallest absolute Gasteiger partial charge is 0.330 e. The molecule has 1 unspecified atom stereocenters. The van der Waals surface area contributed by atoms with Gasteiger partial charge in [-0.05, 0) is 44.0 Å². The van der Waals surface area contributed by atoms with Crippen LogP contribution in [0.2, 0.25) is 0 Å². The van der Waals surface area contributed by atoms with Crippen LogP contribution in [0.25, 0.3) is 0 Å². The summed E-state index contributed by atoms with van der Waals surface area (Å²) in [5.41, 5.74) is 0.393. The average Bonchev–Trinajstić information content (AvgIpc) is 3.14. The number of rotatable bonds is 2. The van der Waals surface area contributed by atoms with Crippen molar-refractivity contribution in [2.75, 3.05) is 6.54 Å². The molecule has 1 atom stereocenters. The number of likely N-dealkylation sites (tertiary alicyclic amines) is 1. The Balaban J connectivity index is 1.82. The Morgan fingerprint density at radius 2 is 2.00 bits per heavy atom. The van der Waals surface area contributed by atoms with Gasteiger partial charge >= 0.3 is 6.18 Å². The van der Waals surface area contributed by atoms with Crippen molar-refractivity contribution < 1.29 is 18.0 Å². The fraction of sp³-hybridized carbons (Fsp3) is 0.375. The van der Waals surface area contributed by atoms with Gasteiger partial charge in [0.05, 0.1) is 22.3 Å². The topological polar surface area (TPSA) is 33.2 Å². The Morgan fingerprint density at radius 3 is 2.57 bits per heavy atom. The standard InChI is InChI=1S/C16H15F3N2OS/c1-10-20-13(9-23-10)14-3-2-8-21(14)15(22)11-4-6-12(7-5-11)16(17,18)19/h4-7,9,14H,2-3,8H2,1H3. The first-order valence-corrected chi connectivity index (χ1v) is 8.14. The molecule has 0 saturated carbocycles. The highest BCUT2D eigenvalue weighted by molar-refractivity contribution is 7.09. The van der Waals surface area contributed by atoms with Gasteiger partial charge in [-0.25, -0.2) is 4.98 Å². The normalized spacial score (nSPS) is 18.4. The van der Waals surface area contributed by atoms with Gasteiger partial charge in [0.25, 0.3) is 5.91 Å². The molecule has 1 aliphatic heterocycles. The average molecular weight is 340 g/mol. The van der Waals surface area contributed by atoms with Crippen LogP contribution in [0.3, 0.4) is 0 Å². The maximum atomic E-state index is 12.6. The lowest BCUT2D eigenvalue weighted by molar-refractivity contribution is -0.137. The summed E-state index contributed by atoms with van der Waals surface area (Å²) in [5, 5.41) is 2.88. The van der Waals surface area contributed by atoms with Crippen molar-refractivity contribution in [3.8, 4) is 0 Å². The molecule has 3 rings (SSSR count). The lowest BCUT2D eigenvalue weighted by Gasteiger charge is -2.23. The predicted molar refractivity (Wildman–Crippen MR) is 81.3 cm³/mol. The van der Waals surface area contributed by atoms with Crippen LogP contribution >= 0.6 is 11.3 Å². The highest BCUT2D eigenvalue weighted by atomic mass is 32.1. The zero-order chi connectivity index (χ0) is 16.6. The molecule has 0 spiro atoms. The van der Waals surface area contributed by atoms with Gasteiger partial charge in [-0.1, -0.05) is 0 Å². The molecular formula is C16H15F3N2OS. The molecule has 1 fully saturated rings. The van der Waals surface area contributed by atoms with Gasteiger partial charge in [0.15, 0.2) is 0 Å². The Morgan fingerprint density at radius 1 is 1.30 bits per heavy atom. The van der Waals surface area contributed by atoms with Crippen LogP contribution in [0.15, 0.2) is 29.6 Å². The predicted octanol–water partition coefficient (Wildman–Crippen LogP) is 4.45. The summed E-state index contributed by atoms with van der Waals surface area (Å²) in [6.45, 7) is 2.51. The number of amides is 1. The monoisotopic (exact) mass is 340 g/mol. The molecule has 1 saturated heterocycles. The van der Waals surface area contributed by atoms with Crippen LogP contribution in [0.4, 0.5) is 13.2 Å². The quantitative estimate of drug-likeness (QED) is 0.809. The molecule has 0 N–H and O–H groups in total. The third kappa shape index (κ3) is 3.24. The molecule has 23 heavy (non-hydrogen) atoms. The zero-order valence-corrected chi connectivity index (χ0v) is 13.2. The molecule has 1 aromatic heterocycles. The lowest BCUT2D eigenvalue weighted by atomic mass is 10.1. The van der Waals surface area contributed by atoms with Crippen LogP contribution in [-0.2, 0) is 6.18 Å². The third-order valence-electron chi connectivity index (χ3n) is 3.95. The summed E-state index contributed by atoms with van der Waals surface area (Å²) in [5.74, 6) is -0.244. The fourth-order valence-corrected chi connectivity index (χ4v) is 3.48. The second kappa shape index (κ2) is 5.96. The van der Waals surface area contributed by atoms with Gasteiger partial charge in [0.2, 0.25) is 0 Å². The molecule has 7 heteroatoms. The Kier molecular flexibility index (Phi) is 4.14. The second-order valence-corrected chi connectivity index (χ2v) is 6.59. The molecule has 122 valence electrons. The van der Waals surface area contributed by atoms with Crippen LogP contribution in [0.1, 0.15) is 45.5 Å². The molecule has 1 aliphatic rings. The van der Waals surface area contributed by atoms with Gasteiger partial charge < -0.3 is 4.90 Å². The zero-order valence-electron chi connectivity index (χ0n) is 12.4. The van der Waals surface area contributed by atoms with Crippen molar-refractivity contribution in [3.05, 3.63) is 51.5 Å². The number of hydrogen-bond donors (Lipinski definition) is 0. The number of aryl methyl sites for hydroxylation is 1. The number of carbonyl (C=O) groups is 1. The van der Waals surface area contributed by atoms with Gasteiger partial charge in [-0.3, -0.25) is 4.79 Å². The Hall–Kier alpha value is -1.89. The van der Waals surface area contributed by atoms with Crippen molar-refractivity contribution in [2.45, 2.75) is 32.0 Å². The maximum Gasteiger partial charge on any atom is 0.416 e. The van der Waals surface area contributed by atoms with Gasteiger partial charge in [0, 0.05) is 17.5 Å². The minimum absolute atomic E-state index is 0.0882. The van der Waals surface area contributed by atoms with Crippen molar-refractivity contribution >= 4 is 17.2 Å². The van der Waals surface area contributed by atoms with E-state index in [0.717, 1.165) is 35.7 Å². The van der Waals surface area contributed by atoms with Gasteiger partial charge in [-0.15, -0.1) is 11.3 Å². The summed E-state index contributed by atoms with van der Waals surface area (Å²) in [6, 6.07) is 4.30. The van der Waals surface area contributed by atoms with Crippen LogP contribution in [0, 0.1) is 6.92 Å². The molecule has 0 radical (unpaired) electrons. The minimum Gasteiger partial charge on any atom is -0.330 e. The number of aromatic nitrogens is 1. The van der Waals surface area contributed by atoms with E-state index in [9.17, 15) is 18.0 Å². The van der Waals surface area contributed by atoms with E-state index >= 15 is 0 Å². The second-order valence-electron chi connectivity index (χ2n) is 5.52. The SMILES string of the molecule is Cc1nc(C2CCCN2C(=O)c2ccc(C(F)(F)F)cc2)cs1. The van der Waals surface area contributed by atoms with Gasteiger partial charge in [-0.2, -0.15) is 13.2 Å². The molecule has 3 nitrogen and oxygen atoms in total. The van der Waals surface area contributed by atoms with Crippen LogP contribution in [0.5, 0.6) is 0 Å². The van der Waals surface area contributed by atoms with Gasteiger partial charge in [0.1, 0.15) is 0 Å². The number of alkyl halides is 3.